The van der Waals surface area contributed by atoms with Crippen LogP contribution in [0.2, 0.25) is 0 Å². The number of hydrogen-bond donors (Lipinski definition) is 1. The van der Waals surface area contributed by atoms with Gasteiger partial charge in [-0.15, -0.1) is 0 Å². The summed E-state index contributed by atoms with van der Waals surface area (Å²) >= 11 is 0. The third kappa shape index (κ3) is 3.54. The van der Waals surface area contributed by atoms with Crippen molar-refractivity contribution in [3.63, 3.8) is 0 Å². The Kier molecular flexibility index (Phi) is 5.18. The van der Waals surface area contributed by atoms with Crippen LogP contribution in [0.4, 0.5) is 4.79 Å². The number of nitrogens with zero attached hydrogens (tertiary/aromatic N) is 2. The highest BCUT2D eigenvalue weighted by atomic mass is 16.5. The van der Waals surface area contributed by atoms with Crippen LogP contribution < -0.4 is 5.32 Å². The molecule has 0 aromatic carbocycles. The number of ether oxygens (including phenoxy) is 1. The van der Waals surface area contributed by atoms with E-state index in [2.05, 4.69) is 5.32 Å². The van der Waals surface area contributed by atoms with Crippen molar-refractivity contribution in [2.45, 2.75) is 57.0 Å². The monoisotopic (exact) mass is 309 g/mol. The summed E-state index contributed by atoms with van der Waals surface area (Å²) in [5.74, 6) is 0.0968. The van der Waals surface area contributed by atoms with Crippen molar-refractivity contribution in [3.05, 3.63) is 0 Å². The normalized spacial score (nSPS) is 27.0. The molecular formula is C16H27N3O3. The lowest BCUT2D eigenvalue weighted by Gasteiger charge is -2.33. The van der Waals surface area contributed by atoms with Crippen molar-refractivity contribution in [2.75, 3.05) is 32.8 Å². The number of urea groups is 1. The highest BCUT2D eigenvalue weighted by molar-refractivity contribution is 5.87. The number of rotatable bonds is 2. The SMILES string of the molecule is O=C([C@@H]1CCCN1C(=O)NC1CCCCC1)N1CCOCC1. The minimum absolute atomic E-state index is 0.0454. The Hall–Kier alpha value is -1.30. The minimum Gasteiger partial charge on any atom is -0.378 e. The largest absolute Gasteiger partial charge is 0.378 e. The second-order valence-electron chi connectivity index (χ2n) is 6.57. The molecule has 0 aromatic heterocycles. The summed E-state index contributed by atoms with van der Waals surface area (Å²) in [5.41, 5.74) is 0. The number of morpholine rings is 1. The van der Waals surface area contributed by atoms with Crippen LogP contribution in [-0.2, 0) is 9.53 Å². The maximum Gasteiger partial charge on any atom is 0.318 e. The summed E-state index contributed by atoms with van der Waals surface area (Å²) in [6, 6.07) is -0.0290. The van der Waals surface area contributed by atoms with E-state index in [1.54, 1.807) is 4.90 Å². The molecule has 0 bridgehead atoms. The fraction of sp³-hybridized carbons (Fsp3) is 0.875. The van der Waals surface area contributed by atoms with Gasteiger partial charge in [0.25, 0.3) is 0 Å². The van der Waals surface area contributed by atoms with Crippen molar-refractivity contribution in [3.8, 4) is 0 Å². The lowest BCUT2D eigenvalue weighted by Crippen LogP contribution is -2.54. The van der Waals surface area contributed by atoms with E-state index in [4.69, 9.17) is 4.74 Å². The Balaban J connectivity index is 1.56. The molecule has 124 valence electrons. The zero-order chi connectivity index (χ0) is 15.4. The smallest absolute Gasteiger partial charge is 0.318 e. The Labute approximate surface area is 132 Å². The Morgan fingerprint density at radius 3 is 2.36 bits per heavy atom. The van der Waals surface area contributed by atoms with E-state index >= 15 is 0 Å². The van der Waals surface area contributed by atoms with E-state index in [1.165, 1.54) is 19.3 Å². The van der Waals surface area contributed by atoms with Crippen LogP contribution in [-0.4, -0.2) is 66.7 Å². The zero-order valence-electron chi connectivity index (χ0n) is 13.3. The van der Waals surface area contributed by atoms with E-state index in [0.29, 0.717) is 38.9 Å². The Bertz CT molecular complexity index is 403. The van der Waals surface area contributed by atoms with Crippen LogP contribution in [0.5, 0.6) is 0 Å². The van der Waals surface area contributed by atoms with Gasteiger partial charge in [0.15, 0.2) is 0 Å². The number of nitrogens with one attached hydrogen (secondary N) is 1. The van der Waals surface area contributed by atoms with Gasteiger partial charge in [-0.2, -0.15) is 0 Å². The first-order valence-electron chi connectivity index (χ1n) is 8.69. The molecule has 0 unspecified atom stereocenters. The highest BCUT2D eigenvalue weighted by Gasteiger charge is 2.37. The van der Waals surface area contributed by atoms with Crippen molar-refractivity contribution >= 4 is 11.9 Å². The first kappa shape index (κ1) is 15.6. The first-order valence-corrected chi connectivity index (χ1v) is 8.69. The van der Waals surface area contributed by atoms with Gasteiger partial charge in [0.2, 0.25) is 5.91 Å². The molecule has 0 aromatic rings. The second kappa shape index (κ2) is 7.31. The molecule has 2 heterocycles. The van der Waals surface area contributed by atoms with Crippen LogP contribution in [0.3, 0.4) is 0 Å². The van der Waals surface area contributed by atoms with Gasteiger partial charge in [-0.1, -0.05) is 19.3 Å². The number of carbonyl (C=O) groups excluding carboxylic acids is 2. The number of amides is 3. The van der Waals surface area contributed by atoms with Gasteiger partial charge in [-0.3, -0.25) is 4.79 Å². The summed E-state index contributed by atoms with van der Waals surface area (Å²) in [6.07, 6.45) is 7.51. The predicted octanol–water partition coefficient (Wildman–Crippen LogP) is 1.35. The maximum atomic E-state index is 12.7. The summed E-state index contributed by atoms with van der Waals surface area (Å²) in [7, 11) is 0. The van der Waals surface area contributed by atoms with Gasteiger partial charge in [0.1, 0.15) is 6.04 Å². The lowest BCUT2D eigenvalue weighted by molar-refractivity contribution is -0.139. The zero-order valence-corrected chi connectivity index (χ0v) is 13.3. The quantitative estimate of drug-likeness (QED) is 0.837. The molecule has 22 heavy (non-hydrogen) atoms. The first-order chi connectivity index (χ1) is 10.8. The summed E-state index contributed by atoms with van der Waals surface area (Å²) in [6.45, 7) is 3.19. The van der Waals surface area contributed by atoms with Gasteiger partial charge in [-0.05, 0) is 25.7 Å². The van der Waals surface area contributed by atoms with Gasteiger partial charge in [-0.25, -0.2) is 4.79 Å². The number of carbonyl (C=O) groups is 2. The summed E-state index contributed by atoms with van der Waals surface area (Å²) in [5, 5.41) is 3.14. The molecule has 3 fully saturated rings. The fourth-order valence-corrected chi connectivity index (χ4v) is 3.77. The topological polar surface area (TPSA) is 61.9 Å². The van der Waals surface area contributed by atoms with Crippen molar-refractivity contribution in [2.24, 2.45) is 0 Å². The van der Waals surface area contributed by atoms with Crippen molar-refractivity contribution in [1.82, 2.24) is 15.1 Å². The van der Waals surface area contributed by atoms with Gasteiger partial charge in [0.05, 0.1) is 13.2 Å². The van der Waals surface area contributed by atoms with Crippen molar-refractivity contribution in [1.29, 1.82) is 0 Å². The molecule has 0 spiro atoms. The molecule has 2 aliphatic heterocycles. The molecule has 2 saturated heterocycles. The molecule has 3 aliphatic rings. The molecule has 3 rings (SSSR count). The van der Waals surface area contributed by atoms with E-state index in [9.17, 15) is 9.59 Å². The Morgan fingerprint density at radius 2 is 1.64 bits per heavy atom. The van der Waals surface area contributed by atoms with Crippen LogP contribution in [0.15, 0.2) is 0 Å². The molecule has 6 nitrogen and oxygen atoms in total. The molecule has 1 atom stereocenters. The molecule has 6 heteroatoms. The fourth-order valence-electron chi connectivity index (χ4n) is 3.77. The number of hydrogen-bond acceptors (Lipinski definition) is 3. The summed E-state index contributed by atoms with van der Waals surface area (Å²) in [4.78, 5) is 28.8. The predicted molar refractivity (Wildman–Crippen MR) is 82.5 cm³/mol. The molecule has 1 aliphatic carbocycles. The molecule has 0 radical (unpaired) electrons. The summed E-state index contributed by atoms with van der Waals surface area (Å²) < 4.78 is 5.30. The third-order valence-electron chi connectivity index (χ3n) is 5.05. The van der Waals surface area contributed by atoms with Crippen LogP contribution in [0.1, 0.15) is 44.9 Å². The Morgan fingerprint density at radius 1 is 0.909 bits per heavy atom. The standard InChI is InChI=1S/C16H27N3O3/c20-15(18-9-11-22-12-10-18)14-7-4-8-19(14)16(21)17-13-5-2-1-3-6-13/h13-14H,1-12H2,(H,17,21)/t14-/m0/s1. The third-order valence-corrected chi connectivity index (χ3v) is 5.05. The van der Waals surface area contributed by atoms with Crippen molar-refractivity contribution < 1.29 is 14.3 Å². The average molecular weight is 309 g/mol. The van der Waals surface area contributed by atoms with E-state index in [1.807, 2.05) is 4.90 Å². The van der Waals surface area contributed by atoms with Crippen LogP contribution >= 0.6 is 0 Å². The molecule has 3 amide bonds. The maximum absolute atomic E-state index is 12.7. The van der Waals surface area contributed by atoms with Crippen LogP contribution in [0, 0.1) is 0 Å². The van der Waals surface area contributed by atoms with Crippen LogP contribution in [0.25, 0.3) is 0 Å². The van der Waals surface area contributed by atoms with E-state index in [0.717, 1.165) is 25.7 Å². The average Bonchev–Trinajstić information content (AvgIpc) is 3.05. The minimum atomic E-state index is -0.276. The molecule has 1 saturated carbocycles. The molecular weight excluding hydrogens is 282 g/mol. The lowest BCUT2D eigenvalue weighted by atomic mass is 9.96. The number of likely N-dealkylation sites (tertiary alicyclic amines) is 1. The van der Waals surface area contributed by atoms with Gasteiger partial charge < -0.3 is 19.9 Å². The van der Waals surface area contributed by atoms with Gasteiger partial charge in [0, 0.05) is 25.7 Å². The van der Waals surface area contributed by atoms with E-state index < -0.39 is 0 Å². The second-order valence-corrected chi connectivity index (χ2v) is 6.57. The van der Waals surface area contributed by atoms with Gasteiger partial charge >= 0.3 is 6.03 Å². The van der Waals surface area contributed by atoms with E-state index in [-0.39, 0.29) is 18.0 Å². The molecule has 1 N–H and O–H groups in total. The highest BCUT2D eigenvalue weighted by Crippen LogP contribution is 2.22.